The molecule has 29 heavy (non-hydrogen) atoms. The molecule has 1 amide bonds. The minimum Gasteiger partial charge on any atom is -0.350 e. The second kappa shape index (κ2) is 8.68. The van der Waals surface area contributed by atoms with Crippen LogP contribution in [0.5, 0.6) is 0 Å². The Morgan fingerprint density at radius 2 is 1.69 bits per heavy atom. The summed E-state index contributed by atoms with van der Waals surface area (Å²) >= 11 is 0. The summed E-state index contributed by atoms with van der Waals surface area (Å²) in [6.45, 7) is 6.32. The lowest BCUT2D eigenvalue weighted by Crippen LogP contribution is -2.46. The van der Waals surface area contributed by atoms with Gasteiger partial charge in [-0.3, -0.25) is 14.2 Å². The summed E-state index contributed by atoms with van der Waals surface area (Å²) in [5.41, 5.74) is 0.737. The van der Waals surface area contributed by atoms with Gasteiger partial charge < -0.3 is 5.32 Å². The van der Waals surface area contributed by atoms with Gasteiger partial charge in [-0.05, 0) is 30.5 Å². The first kappa shape index (κ1) is 20.3. The Bertz CT molecular complexity index is 1110. The first-order valence-corrected chi connectivity index (χ1v) is 9.50. The van der Waals surface area contributed by atoms with Crippen molar-refractivity contribution in [3.63, 3.8) is 0 Å². The minimum absolute atomic E-state index is 0.0533. The minimum atomic E-state index is -0.705. The van der Waals surface area contributed by atoms with Crippen LogP contribution in [-0.2, 0) is 6.54 Å². The number of nitrogens with one attached hydrogen (secondary N) is 1. The first-order chi connectivity index (χ1) is 13.9. The van der Waals surface area contributed by atoms with Crippen LogP contribution >= 0.6 is 0 Å². The van der Waals surface area contributed by atoms with Crippen LogP contribution in [-0.4, -0.2) is 26.8 Å². The zero-order valence-corrected chi connectivity index (χ0v) is 16.8. The molecule has 1 aromatic heterocycles. The van der Waals surface area contributed by atoms with E-state index in [1.807, 2.05) is 51.1 Å². The molecule has 1 heterocycles. The average molecular weight is 392 g/mol. The highest BCUT2D eigenvalue weighted by molar-refractivity contribution is 5.91. The van der Waals surface area contributed by atoms with Gasteiger partial charge in [0, 0.05) is 6.54 Å². The third-order valence-corrected chi connectivity index (χ3v) is 4.41. The molecule has 7 nitrogen and oxygen atoms in total. The van der Waals surface area contributed by atoms with E-state index in [9.17, 15) is 14.4 Å². The molecule has 0 aliphatic rings. The summed E-state index contributed by atoms with van der Waals surface area (Å²) in [4.78, 5) is 38.6. The Morgan fingerprint density at radius 1 is 1.03 bits per heavy atom. The van der Waals surface area contributed by atoms with Gasteiger partial charge in [0.15, 0.2) is 0 Å². The van der Waals surface area contributed by atoms with E-state index < -0.39 is 17.2 Å². The summed E-state index contributed by atoms with van der Waals surface area (Å²) in [5.74, 6) is -0.375. The molecule has 0 spiro atoms. The van der Waals surface area contributed by atoms with E-state index in [-0.39, 0.29) is 18.2 Å². The summed E-state index contributed by atoms with van der Waals surface area (Å²) < 4.78 is 2.15. The quantitative estimate of drug-likeness (QED) is 0.696. The Kier molecular flexibility index (Phi) is 6.07. The number of carbonyl (C=O) groups is 1. The number of para-hydroxylation sites is 1. The Morgan fingerprint density at radius 3 is 2.31 bits per heavy atom. The number of benzene rings is 2. The number of hydrogen-bond acceptors (Lipinski definition) is 4. The van der Waals surface area contributed by atoms with E-state index in [4.69, 9.17) is 0 Å². The van der Waals surface area contributed by atoms with Crippen molar-refractivity contribution in [2.75, 3.05) is 6.54 Å². The highest BCUT2D eigenvalue weighted by Crippen LogP contribution is 2.05. The molecule has 0 saturated carbocycles. The number of nitrogens with zero attached hydrogens (tertiary/aromatic N) is 3. The van der Waals surface area contributed by atoms with Crippen molar-refractivity contribution in [2.45, 2.75) is 27.3 Å². The predicted molar refractivity (Wildman–Crippen MR) is 112 cm³/mol. The van der Waals surface area contributed by atoms with Gasteiger partial charge in [-0.25, -0.2) is 4.79 Å². The van der Waals surface area contributed by atoms with E-state index in [1.54, 1.807) is 24.3 Å². The lowest BCUT2D eigenvalue weighted by Gasteiger charge is -2.13. The molecule has 150 valence electrons. The smallest absolute Gasteiger partial charge is 0.350 e. The van der Waals surface area contributed by atoms with Gasteiger partial charge >= 0.3 is 5.69 Å². The predicted octanol–water partition coefficient (Wildman–Crippen LogP) is 2.14. The van der Waals surface area contributed by atoms with Crippen LogP contribution in [0.3, 0.4) is 0 Å². The summed E-state index contributed by atoms with van der Waals surface area (Å²) in [7, 11) is 0. The molecule has 0 radical (unpaired) electrons. The second-order valence-electron chi connectivity index (χ2n) is 7.36. The lowest BCUT2D eigenvalue weighted by atomic mass is 10.1. The Balaban J connectivity index is 2.13. The fraction of sp³-hybridized carbons (Fsp3) is 0.273. The number of amides is 1. The van der Waals surface area contributed by atoms with Crippen LogP contribution < -0.4 is 16.6 Å². The van der Waals surface area contributed by atoms with E-state index >= 15 is 0 Å². The van der Waals surface area contributed by atoms with Crippen LogP contribution in [0, 0.1) is 12.8 Å². The molecule has 3 aromatic rings. The van der Waals surface area contributed by atoms with Crippen LogP contribution in [0.15, 0.2) is 64.2 Å². The SMILES string of the molecule is Cc1ccc(Cn2c(=O)c(C(=O)NCC(C)C)nn(-c3ccccc3)c2=O)cc1. The highest BCUT2D eigenvalue weighted by Gasteiger charge is 2.20. The van der Waals surface area contributed by atoms with E-state index in [1.165, 1.54) is 0 Å². The van der Waals surface area contributed by atoms with Gasteiger partial charge in [-0.15, -0.1) is 0 Å². The molecule has 0 unspecified atom stereocenters. The standard InChI is InChI=1S/C22H24N4O3/c1-15(2)13-23-20(27)19-21(28)25(14-17-11-9-16(3)10-12-17)22(29)26(24-19)18-7-5-4-6-8-18/h4-12,15H,13-14H2,1-3H3,(H,23,27). The third kappa shape index (κ3) is 4.68. The number of hydrogen-bond donors (Lipinski definition) is 1. The molecule has 0 fully saturated rings. The van der Waals surface area contributed by atoms with Gasteiger partial charge in [0.2, 0.25) is 5.69 Å². The number of rotatable bonds is 6. The summed E-state index contributed by atoms with van der Waals surface area (Å²) in [6.07, 6.45) is 0. The van der Waals surface area contributed by atoms with E-state index in [0.717, 1.165) is 20.4 Å². The molecule has 3 rings (SSSR count). The molecule has 0 bridgehead atoms. The normalized spacial score (nSPS) is 10.9. The van der Waals surface area contributed by atoms with Crippen molar-refractivity contribution in [3.05, 3.63) is 92.3 Å². The van der Waals surface area contributed by atoms with Gasteiger partial charge in [0.25, 0.3) is 11.5 Å². The zero-order chi connectivity index (χ0) is 21.0. The average Bonchev–Trinajstić information content (AvgIpc) is 2.71. The fourth-order valence-electron chi connectivity index (χ4n) is 2.79. The van der Waals surface area contributed by atoms with Crippen LogP contribution in [0.2, 0.25) is 0 Å². The highest BCUT2D eigenvalue weighted by atomic mass is 16.2. The largest absolute Gasteiger partial charge is 0.352 e. The molecule has 0 aliphatic heterocycles. The molecule has 0 saturated heterocycles. The summed E-state index contributed by atoms with van der Waals surface area (Å²) in [6, 6.07) is 16.3. The first-order valence-electron chi connectivity index (χ1n) is 9.50. The van der Waals surface area contributed by atoms with E-state index in [2.05, 4.69) is 10.4 Å². The van der Waals surface area contributed by atoms with Crippen molar-refractivity contribution in [2.24, 2.45) is 5.92 Å². The van der Waals surface area contributed by atoms with Crippen LogP contribution in [0.1, 0.15) is 35.5 Å². The van der Waals surface area contributed by atoms with E-state index in [0.29, 0.717) is 12.2 Å². The molecule has 0 aliphatic carbocycles. The Labute approximate surface area is 168 Å². The van der Waals surface area contributed by atoms with Gasteiger partial charge in [-0.1, -0.05) is 61.9 Å². The van der Waals surface area contributed by atoms with Crippen molar-refractivity contribution in [1.29, 1.82) is 0 Å². The zero-order valence-electron chi connectivity index (χ0n) is 16.8. The maximum atomic E-state index is 13.0. The van der Waals surface area contributed by atoms with Crippen molar-refractivity contribution >= 4 is 5.91 Å². The monoisotopic (exact) mass is 392 g/mol. The third-order valence-electron chi connectivity index (χ3n) is 4.41. The molecule has 1 N–H and O–H groups in total. The molecular weight excluding hydrogens is 368 g/mol. The number of aromatic nitrogens is 3. The lowest BCUT2D eigenvalue weighted by molar-refractivity contribution is 0.0939. The maximum absolute atomic E-state index is 13.0. The molecular formula is C22H24N4O3. The molecule has 0 atom stereocenters. The van der Waals surface area contributed by atoms with Crippen LogP contribution in [0.25, 0.3) is 5.69 Å². The van der Waals surface area contributed by atoms with Crippen molar-refractivity contribution in [3.8, 4) is 5.69 Å². The van der Waals surface area contributed by atoms with Gasteiger partial charge in [0.1, 0.15) is 0 Å². The van der Waals surface area contributed by atoms with Gasteiger partial charge in [0.05, 0.1) is 12.2 Å². The fourth-order valence-corrected chi connectivity index (χ4v) is 2.79. The second-order valence-corrected chi connectivity index (χ2v) is 7.36. The number of carbonyl (C=O) groups excluding carboxylic acids is 1. The Hall–Kier alpha value is -3.48. The van der Waals surface area contributed by atoms with Crippen molar-refractivity contribution in [1.82, 2.24) is 19.7 Å². The van der Waals surface area contributed by atoms with Crippen LogP contribution in [0.4, 0.5) is 0 Å². The molecule has 2 aromatic carbocycles. The summed E-state index contributed by atoms with van der Waals surface area (Å²) in [5, 5.41) is 6.80. The maximum Gasteiger partial charge on any atom is 0.352 e. The van der Waals surface area contributed by atoms with Gasteiger partial charge in [-0.2, -0.15) is 9.78 Å². The van der Waals surface area contributed by atoms with Crippen molar-refractivity contribution < 1.29 is 4.79 Å². The topological polar surface area (TPSA) is 86.0 Å². The number of aryl methyl sites for hydroxylation is 1. The molecule has 7 heteroatoms.